The fraction of sp³-hybridized carbons (Fsp3) is 0.875. The Hall–Kier alpha value is 0.544. The molecule has 0 radical (unpaired) electrons. The van der Waals surface area contributed by atoms with Gasteiger partial charge in [-0.25, -0.2) is 4.79 Å². The van der Waals surface area contributed by atoms with Crippen LogP contribution in [0.3, 0.4) is 0 Å². The molecule has 0 spiro atoms. The Balaban J connectivity index is 0. The Morgan fingerprint density at radius 3 is 2.46 bits per heavy atom. The van der Waals surface area contributed by atoms with Crippen LogP contribution in [0.1, 0.15) is 39.0 Å². The van der Waals surface area contributed by atoms with Gasteiger partial charge in [-0.2, -0.15) is 0 Å². The van der Waals surface area contributed by atoms with Gasteiger partial charge in [-0.05, 0) is 6.42 Å². The van der Waals surface area contributed by atoms with Gasteiger partial charge in [0, 0.05) is 16.5 Å². The normalized spacial score (nSPS) is 11.6. The maximum atomic E-state index is 10.7. The zero-order valence-corrected chi connectivity index (χ0v) is 10.0. The fourth-order valence-electron chi connectivity index (χ4n) is 0.917. The van der Waals surface area contributed by atoms with Crippen molar-refractivity contribution >= 4 is 29.4 Å². The molecule has 0 aliphatic rings. The first-order valence-electron chi connectivity index (χ1n) is 4.18. The zero-order valence-electron chi connectivity index (χ0n) is 7.50. The van der Waals surface area contributed by atoms with Crippen molar-refractivity contribution in [2.45, 2.75) is 44.4 Å². The average molecular weight is 272 g/mol. The molecular formula is C8H14Cl2NiO2. The van der Waals surface area contributed by atoms with E-state index in [1.807, 2.05) is 0 Å². The van der Waals surface area contributed by atoms with Crippen LogP contribution in [0.5, 0.6) is 0 Å². The number of carbonyl (C=O) groups excluding carboxylic acids is 1. The van der Waals surface area contributed by atoms with Gasteiger partial charge in [0.1, 0.15) is 17.2 Å². The Morgan fingerprint density at radius 1 is 1.38 bits per heavy atom. The van der Waals surface area contributed by atoms with Gasteiger partial charge in [0.05, 0.1) is 0 Å². The van der Waals surface area contributed by atoms with Gasteiger partial charge in [0.25, 0.3) is 0 Å². The molecule has 1 atom stereocenters. The van der Waals surface area contributed by atoms with Crippen molar-refractivity contribution in [1.82, 2.24) is 0 Å². The van der Waals surface area contributed by atoms with Gasteiger partial charge in [-0.1, -0.05) is 32.6 Å². The molecule has 0 bridgehead atoms. The number of alkyl halides is 1. The largest absolute Gasteiger partial charge is 0.346 e. The third kappa shape index (κ3) is 8.86. The number of carbonyl (C=O) groups is 1. The minimum absolute atomic E-state index is 0. The van der Waals surface area contributed by atoms with Gasteiger partial charge >= 0.3 is 5.97 Å². The predicted molar refractivity (Wildman–Crippen MR) is 50.3 cm³/mol. The molecule has 82 valence electrons. The van der Waals surface area contributed by atoms with Crippen molar-refractivity contribution in [3.63, 3.8) is 0 Å². The van der Waals surface area contributed by atoms with E-state index in [1.165, 1.54) is 12.8 Å². The molecular weight excluding hydrogens is 258 g/mol. The first-order chi connectivity index (χ1) is 5.72. The summed E-state index contributed by atoms with van der Waals surface area (Å²) in [5.74, 6) is -0.546. The number of hydrogen-bond acceptors (Lipinski definition) is 2. The summed E-state index contributed by atoms with van der Waals surface area (Å²) in [7, 11) is 0. The number of hydrogen-bond donors (Lipinski definition) is 0. The molecule has 0 fully saturated rings. The van der Waals surface area contributed by atoms with Gasteiger partial charge in [-0.3, -0.25) is 0 Å². The molecule has 0 saturated carbocycles. The second-order valence-corrected chi connectivity index (χ2v) is 3.39. The maximum absolute atomic E-state index is 10.7. The van der Waals surface area contributed by atoms with Crippen LogP contribution >= 0.6 is 23.5 Å². The second kappa shape index (κ2) is 10.6. The molecule has 0 aromatic carbocycles. The van der Waals surface area contributed by atoms with E-state index < -0.39 is 11.3 Å². The number of halogens is 2. The molecule has 0 rings (SSSR count). The van der Waals surface area contributed by atoms with Gasteiger partial charge in [-0.15, -0.1) is 11.6 Å². The molecule has 2 nitrogen and oxygen atoms in total. The molecule has 0 amide bonds. The van der Waals surface area contributed by atoms with Crippen molar-refractivity contribution in [3.05, 3.63) is 0 Å². The molecule has 0 heterocycles. The van der Waals surface area contributed by atoms with Crippen LogP contribution in [0, 0.1) is 0 Å². The molecule has 0 aromatic rings. The van der Waals surface area contributed by atoms with Crippen molar-refractivity contribution in [3.8, 4) is 0 Å². The van der Waals surface area contributed by atoms with E-state index in [-0.39, 0.29) is 16.5 Å². The van der Waals surface area contributed by atoms with Crippen molar-refractivity contribution in [1.29, 1.82) is 0 Å². The van der Waals surface area contributed by atoms with Crippen LogP contribution in [0.15, 0.2) is 0 Å². The van der Waals surface area contributed by atoms with E-state index in [2.05, 4.69) is 11.2 Å². The Kier molecular flexibility index (Phi) is 13.1. The molecule has 0 N–H and O–H groups in total. The topological polar surface area (TPSA) is 26.3 Å². The quantitative estimate of drug-likeness (QED) is 0.421. The third-order valence-corrected chi connectivity index (χ3v) is 2.19. The summed E-state index contributed by atoms with van der Waals surface area (Å²) in [4.78, 5) is 10.7. The van der Waals surface area contributed by atoms with Gasteiger partial charge in [0.15, 0.2) is 0 Å². The molecule has 0 aliphatic carbocycles. The molecule has 5 heteroatoms. The molecule has 0 aromatic heterocycles. The monoisotopic (exact) mass is 270 g/mol. The first-order valence-corrected chi connectivity index (χ1v) is 4.93. The SMILES string of the molecule is CCCCCCC(Cl)C(=O)OCl.[Ni]. The average Bonchev–Trinajstić information content (AvgIpc) is 2.10. The van der Waals surface area contributed by atoms with Crippen LogP contribution in [-0.4, -0.2) is 11.3 Å². The standard InChI is InChI=1S/C8H14Cl2O2.Ni/c1-2-3-4-5-6-7(9)8(11)12-10;/h7H,2-6H2,1H3;. The summed E-state index contributed by atoms with van der Waals surface area (Å²) in [6.45, 7) is 2.13. The Labute approximate surface area is 99.4 Å². The number of rotatable bonds is 6. The maximum Gasteiger partial charge on any atom is 0.342 e. The first kappa shape index (κ1) is 16.0. The zero-order chi connectivity index (χ0) is 9.40. The smallest absolute Gasteiger partial charge is 0.342 e. The van der Waals surface area contributed by atoms with Crippen molar-refractivity contribution in [2.75, 3.05) is 0 Å². The minimum Gasteiger partial charge on any atom is -0.346 e. The molecule has 0 saturated heterocycles. The van der Waals surface area contributed by atoms with Crippen molar-refractivity contribution < 1.29 is 25.6 Å². The predicted octanol–water partition coefficient (Wildman–Crippen LogP) is 3.26. The summed E-state index contributed by atoms with van der Waals surface area (Å²) in [6.07, 6.45) is 5.06. The van der Waals surface area contributed by atoms with E-state index in [0.29, 0.717) is 6.42 Å². The van der Waals surface area contributed by atoms with Crippen LogP contribution in [0.4, 0.5) is 0 Å². The van der Waals surface area contributed by atoms with E-state index >= 15 is 0 Å². The minimum atomic E-state index is -0.584. The summed E-state index contributed by atoms with van der Waals surface area (Å²) < 4.78 is 3.97. The van der Waals surface area contributed by atoms with Crippen LogP contribution < -0.4 is 0 Å². The van der Waals surface area contributed by atoms with Gasteiger partial charge in [0.2, 0.25) is 0 Å². The van der Waals surface area contributed by atoms with E-state index in [4.69, 9.17) is 23.5 Å². The van der Waals surface area contributed by atoms with Gasteiger partial charge < -0.3 is 4.29 Å². The molecule has 13 heavy (non-hydrogen) atoms. The number of unbranched alkanes of at least 4 members (excludes halogenated alkanes) is 3. The Bertz CT molecular complexity index is 133. The second-order valence-electron chi connectivity index (χ2n) is 2.71. The van der Waals surface area contributed by atoms with Crippen LogP contribution in [-0.2, 0) is 25.6 Å². The molecule has 0 aliphatic heterocycles. The van der Waals surface area contributed by atoms with E-state index in [9.17, 15) is 4.79 Å². The van der Waals surface area contributed by atoms with Crippen LogP contribution in [0.25, 0.3) is 0 Å². The summed E-state index contributed by atoms with van der Waals surface area (Å²) in [6, 6.07) is 0. The summed E-state index contributed by atoms with van der Waals surface area (Å²) in [5, 5.41) is -0.584. The Morgan fingerprint density at radius 2 is 2.00 bits per heavy atom. The third-order valence-electron chi connectivity index (χ3n) is 1.64. The summed E-state index contributed by atoms with van der Waals surface area (Å²) >= 11 is 10.5. The van der Waals surface area contributed by atoms with E-state index in [0.717, 1.165) is 12.8 Å². The molecule has 1 unspecified atom stereocenters. The fourth-order valence-corrected chi connectivity index (χ4v) is 1.27. The van der Waals surface area contributed by atoms with Crippen LogP contribution in [0.2, 0.25) is 0 Å². The van der Waals surface area contributed by atoms with E-state index in [1.54, 1.807) is 0 Å². The van der Waals surface area contributed by atoms with Crippen molar-refractivity contribution in [2.24, 2.45) is 0 Å². The summed E-state index contributed by atoms with van der Waals surface area (Å²) in [5.41, 5.74) is 0.